The van der Waals surface area contributed by atoms with Crippen LogP contribution in [0.2, 0.25) is 0 Å². The van der Waals surface area contributed by atoms with E-state index in [1.807, 2.05) is 6.07 Å². The van der Waals surface area contributed by atoms with E-state index in [1.165, 1.54) is 5.56 Å². The first-order valence-corrected chi connectivity index (χ1v) is 11.5. The molecule has 8 heteroatoms. The first-order chi connectivity index (χ1) is 13.1. The van der Waals surface area contributed by atoms with Crippen LogP contribution in [0.25, 0.3) is 0 Å². The minimum Gasteiger partial charge on any atom is -0.357 e. The topological polar surface area (TPSA) is 68.2 Å². The first kappa shape index (κ1) is 20.1. The van der Waals surface area contributed by atoms with Crippen molar-refractivity contribution in [1.82, 2.24) is 19.4 Å². The predicted octanol–water partition coefficient (Wildman–Crippen LogP) is 0.805. The summed E-state index contributed by atoms with van der Waals surface area (Å²) in [5.41, 5.74) is 1.35. The van der Waals surface area contributed by atoms with Gasteiger partial charge in [-0.2, -0.15) is 0 Å². The van der Waals surface area contributed by atoms with Crippen LogP contribution in [0.1, 0.15) is 18.9 Å². The number of hydrogen-bond acceptors (Lipinski definition) is 4. The van der Waals surface area contributed by atoms with Crippen molar-refractivity contribution in [2.75, 3.05) is 58.1 Å². The van der Waals surface area contributed by atoms with Crippen LogP contribution in [-0.2, 0) is 16.6 Å². The molecule has 0 unspecified atom stereocenters. The molecule has 1 aromatic carbocycles. The first-order valence-electron chi connectivity index (χ1n) is 9.86. The number of rotatable bonds is 6. The molecular weight excluding hydrogens is 362 g/mol. The second-order valence-electron chi connectivity index (χ2n) is 7.05. The smallest absolute Gasteiger partial charge is 0.214 e. The van der Waals surface area contributed by atoms with Crippen molar-refractivity contribution < 1.29 is 8.42 Å². The van der Waals surface area contributed by atoms with Crippen molar-refractivity contribution in [1.29, 1.82) is 0 Å². The molecule has 0 bridgehead atoms. The quantitative estimate of drug-likeness (QED) is 0.572. The molecule has 2 saturated heterocycles. The van der Waals surface area contributed by atoms with E-state index in [9.17, 15) is 8.42 Å². The molecule has 2 heterocycles. The number of guanidine groups is 1. The van der Waals surface area contributed by atoms with E-state index < -0.39 is 10.0 Å². The Morgan fingerprint density at radius 2 is 1.85 bits per heavy atom. The number of hydrogen-bond donors (Lipinski definition) is 1. The van der Waals surface area contributed by atoms with Crippen LogP contribution in [-0.4, -0.2) is 86.6 Å². The summed E-state index contributed by atoms with van der Waals surface area (Å²) in [6, 6.07) is 10.6. The van der Waals surface area contributed by atoms with E-state index in [0.717, 1.165) is 51.6 Å². The molecule has 0 atom stereocenters. The maximum atomic E-state index is 11.9. The van der Waals surface area contributed by atoms with E-state index in [1.54, 1.807) is 4.31 Å². The Labute approximate surface area is 163 Å². The fraction of sp³-hybridized carbons (Fsp3) is 0.632. The Morgan fingerprint density at radius 1 is 1.11 bits per heavy atom. The van der Waals surface area contributed by atoms with Crippen LogP contribution < -0.4 is 5.32 Å². The second kappa shape index (κ2) is 9.52. The van der Waals surface area contributed by atoms with Gasteiger partial charge in [-0.15, -0.1) is 0 Å². The van der Waals surface area contributed by atoms with Crippen LogP contribution in [0, 0.1) is 0 Å². The molecule has 2 aliphatic heterocycles. The van der Waals surface area contributed by atoms with Gasteiger partial charge in [-0.3, -0.25) is 9.89 Å². The zero-order chi connectivity index (χ0) is 19.1. The third kappa shape index (κ3) is 5.67. The molecule has 0 aliphatic carbocycles. The fourth-order valence-corrected chi connectivity index (χ4v) is 5.11. The molecule has 0 saturated carbocycles. The van der Waals surface area contributed by atoms with E-state index in [-0.39, 0.29) is 5.75 Å². The Balaban J connectivity index is 1.50. The Hall–Kier alpha value is -1.64. The number of piperazine rings is 1. The van der Waals surface area contributed by atoms with Gasteiger partial charge in [0, 0.05) is 52.4 Å². The van der Waals surface area contributed by atoms with Crippen molar-refractivity contribution in [3.63, 3.8) is 0 Å². The lowest BCUT2D eigenvalue weighted by molar-refractivity contribution is 0.172. The summed E-state index contributed by atoms with van der Waals surface area (Å²) in [5.74, 6) is 1.17. The van der Waals surface area contributed by atoms with Gasteiger partial charge in [0.05, 0.1) is 12.3 Å². The molecule has 3 rings (SSSR count). The van der Waals surface area contributed by atoms with Crippen LogP contribution >= 0.6 is 0 Å². The van der Waals surface area contributed by atoms with Gasteiger partial charge < -0.3 is 10.2 Å². The molecular formula is C19H31N5O2S. The molecule has 2 fully saturated rings. The maximum Gasteiger partial charge on any atom is 0.214 e. The van der Waals surface area contributed by atoms with Gasteiger partial charge in [0.15, 0.2) is 5.96 Å². The highest BCUT2D eigenvalue weighted by Crippen LogP contribution is 2.12. The molecule has 0 spiro atoms. The molecule has 1 aromatic rings. The predicted molar refractivity (Wildman–Crippen MR) is 109 cm³/mol. The maximum absolute atomic E-state index is 11.9. The average molecular weight is 394 g/mol. The summed E-state index contributed by atoms with van der Waals surface area (Å²) in [7, 11) is -3.04. The number of nitrogens with zero attached hydrogens (tertiary/aromatic N) is 4. The third-order valence-corrected chi connectivity index (χ3v) is 7.03. The number of benzene rings is 1. The van der Waals surface area contributed by atoms with Gasteiger partial charge in [-0.25, -0.2) is 12.7 Å². The van der Waals surface area contributed by atoms with Crippen LogP contribution in [0.3, 0.4) is 0 Å². The normalized spacial score (nSPS) is 21.5. The van der Waals surface area contributed by atoms with Gasteiger partial charge >= 0.3 is 0 Å². The Bertz CT molecular complexity index is 715. The lowest BCUT2D eigenvalue weighted by Gasteiger charge is -2.36. The number of aliphatic imine (C=N–C) groups is 1. The van der Waals surface area contributed by atoms with E-state index in [2.05, 4.69) is 51.3 Å². The molecule has 0 radical (unpaired) electrons. The standard InChI is InChI=1S/C19H31N5O2S/c1-2-20-19(21-9-11-24-10-6-16-27(24,25)26)23-14-12-22(13-15-23)17-18-7-4-3-5-8-18/h3-5,7-8H,2,6,9-17H2,1H3,(H,20,21). The monoisotopic (exact) mass is 393 g/mol. The van der Waals surface area contributed by atoms with Crippen molar-refractivity contribution >= 4 is 16.0 Å². The minimum absolute atomic E-state index is 0.278. The molecule has 7 nitrogen and oxygen atoms in total. The van der Waals surface area contributed by atoms with Crippen molar-refractivity contribution in [2.45, 2.75) is 19.9 Å². The molecule has 0 amide bonds. The number of sulfonamides is 1. The number of nitrogens with one attached hydrogen (secondary N) is 1. The molecule has 0 aromatic heterocycles. The summed E-state index contributed by atoms with van der Waals surface area (Å²) in [6.07, 6.45) is 0.732. The zero-order valence-corrected chi connectivity index (χ0v) is 17.0. The molecule has 2 aliphatic rings. The minimum atomic E-state index is -3.04. The Morgan fingerprint density at radius 3 is 2.48 bits per heavy atom. The highest BCUT2D eigenvalue weighted by atomic mass is 32.2. The second-order valence-corrected chi connectivity index (χ2v) is 9.14. The molecule has 150 valence electrons. The lowest BCUT2D eigenvalue weighted by Crippen LogP contribution is -2.52. The summed E-state index contributed by atoms with van der Waals surface area (Å²) >= 11 is 0. The zero-order valence-electron chi connectivity index (χ0n) is 16.2. The highest BCUT2D eigenvalue weighted by Gasteiger charge is 2.27. The third-order valence-electron chi connectivity index (χ3n) is 5.07. The van der Waals surface area contributed by atoms with E-state index >= 15 is 0 Å². The fourth-order valence-electron chi connectivity index (χ4n) is 3.60. The highest BCUT2D eigenvalue weighted by molar-refractivity contribution is 7.89. The summed E-state index contributed by atoms with van der Waals surface area (Å²) < 4.78 is 25.4. The van der Waals surface area contributed by atoms with E-state index in [0.29, 0.717) is 19.6 Å². The van der Waals surface area contributed by atoms with Gasteiger partial charge in [0.1, 0.15) is 0 Å². The van der Waals surface area contributed by atoms with Crippen LogP contribution in [0.15, 0.2) is 35.3 Å². The summed E-state index contributed by atoms with van der Waals surface area (Å²) in [4.78, 5) is 9.43. The average Bonchev–Trinajstić information content (AvgIpc) is 3.01. The van der Waals surface area contributed by atoms with E-state index in [4.69, 9.17) is 0 Å². The SMILES string of the molecule is CCNC(=NCCN1CCCS1(=O)=O)N1CCN(Cc2ccccc2)CC1. The van der Waals surface area contributed by atoms with Gasteiger partial charge in [0.2, 0.25) is 10.0 Å². The van der Waals surface area contributed by atoms with Gasteiger partial charge in [-0.1, -0.05) is 30.3 Å². The largest absolute Gasteiger partial charge is 0.357 e. The van der Waals surface area contributed by atoms with Crippen molar-refractivity contribution in [2.24, 2.45) is 4.99 Å². The van der Waals surface area contributed by atoms with Crippen molar-refractivity contribution in [3.8, 4) is 0 Å². The Kier molecular flexibility index (Phi) is 7.09. The van der Waals surface area contributed by atoms with Crippen LogP contribution in [0.4, 0.5) is 0 Å². The molecule has 27 heavy (non-hydrogen) atoms. The summed E-state index contributed by atoms with van der Waals surface area (Å²) in [6.45, 7) is 9.33. The van der Waals surface area contributed by atoms with Crippen molar-refractivity contribution in [3.05, 3.63) is 35.9 Å². The van der Waals surface area contributed by atoms with Gasteiger partial charge in [-0.05, 0) is 18.9 Å². The molecule has 1 N–H and O–H groups in total. The van der Waals surface area contributed by atoms with Gasteiger partial charge in [0.25, 0.3) is 0 Å². The van der Waals surface area contributed by atoms with Crippen LogP contribution in [0.5, 0.6) is 0 Å². The summed E-state index contributed by atoms with van der Waals surface area (Å²) in [5, 5.41) is 3.35. The lowest BCUT2D eigenvalue weighted by atomic mass is 10.2.